The molecule has 1 nitrogen and oxygen atoms in total. The lowest BCUT2D eigenvalue weighted by Crippen LogP contribution is -2.25. The summed E-state index contributed by atoms with van der Waals surface area (Å²) in [5.74, 6) is 7.22. The van der Waals surface area contributed by atoms with E-state index in [2.05, 4.69) is 18.8 Å². The van der Waals surface area contributed by atoms with Crippen LogP contribution in [0, 0.1) is 47.1 Å². The van der Waals surface area contributed by atoms with Crippen molar-refractivity contribution >= 4 is 0 Å². The molecule has 27 heavy (non-hydrogen) atoms. The van der Waals surface area contributed by atoms with E-state index < -0.39 is 11.6 Å². The maximum absolute atomic E-state index is 14.1. The fraction of sp³-hybridized carbons (Fsp3) is 0.667. The third kappa shape index (κ3) is 5.03. The van der Waals surface area contributed by atoms with E-state index in [4.69, 9.17) is 4.74 Å². The quantitative estimate of drug-likeness (QED) is 0.530. The molecule has 0 heterocycles. The molecule has 148 valence electrons. The maximum atomic E-state index is 14.1. The van der Waals surface area contributed by atoms with Gasteiger partial charge in [0.05, 0.1) is 12.2 Å². The van der Waals surface area contributed by atoms with Crippen LogP contribution in [0.25, 0.3) is 0 Å². The van der Waals surface area contributed by atoms with Crippen LogP contribution in [-0.2, 0) is 0 Å². The Morgan fingerprint density at radius 3 is 2.11 bits per heavy atom. The number of hydrogen-bond donors (Lipinski definition) is 0. The highest BCUT2D eigenvalue weighted by atomic mass is 19.2. The van der Waals surface area contributed by atoms with Gasteiger partial charge in [0.1, 0.15) is 0 Å². The second kappa shape index (κ2) is 9.58. The van der Waals surface area contributed by atoms with Gasteiger partial charge in [-0.1, -0.05) is 38.0 Å². The summed E-state index contributed by atoms with van der Waals surface area (Å²) in [6, 6.07) is 2.99. The van der Waals surface area contributed by atoms with Crippen molar-refractivity contribution in [3.63, 3.8) is 0 Å². The summed E-state index contributed by atoms with van der Waals surface area (Å²) in [6.45, 7) is 4.37. The zero-order chi connectivity index (χ0) is 19.2. The molecule has 2 aliphatic rings. The Labute approximate surface area is 162 Å². The minimum atomic E-state index is -0.935. The van der Waals surface area contributed by atoms with Crippen LogP contribution in [0.5, 0.6) is 5.75 Å². The lowest BCUT2D eigenvalue weighted by Gasteiger charge is -2.36. The highest BCUT2D eigenvalue weighted by Gasteiger charge is 2.30. The van der Waals surface area contributed by atoms with Crippen LogP contribution in [-0.4, -0.2) is 6.61 Å². The van der Waals surface area contributed by atoms with Crippen molar-refractivity contribution in [1.29, 1.82) is 0 Å². The molecule has 0 amide bonds. The van der Waals surface area contributed by atoms with Crippen LogP contribution in [0.15, 0.2) is 12.1 Å². The Morgan fingerprint density at radius 1 is 0.889 bits per heavy atom. The molecule has 2 saturated carbocycles. The summed E-state index contributed by atoms with van der Waals surface area (Å²) in [4.78, 5) is 0. The van der Waals surface area contributed by atoms with Crippen molar-refractivity contribution in [2.24, 2.45) is 23.7 Å². The van der Waals surface area contributed by atoms with Gasteiger partial charge < -0.3 is 4.74 Å². The molecule has 2 aliphatic carbocycles. The van der Waals surface area contributed by atoms with E-state index in [1.54, 1.807) is 6.92 Å². The summed E-state index contributed by atoms with van der Waals surface area (Å²) in [7, 11) is 0. The molecular formula is C24H32F2O. The van der Waals surface area contributed by atoms with Gasteiger partial charge in [-0.3, -0.25) is 0 Å². The first kappa shape index (κ1) is 20.2. The fourth-order valence-electron chi connectivity index (χ4n) is 4.88. The number of benzene rings is 1. The van der Waals surface area contributed by atoms with Crippen molar-refractivity contribution in [3.8, 4) is 17.6 Å². The number of hydrogen-bond acceptors (Lipinski definition) is 1. The van der Waals surface area contributed by atoms with E-state index in [1.807, 2.05) is 0 Å². The van der Waals surface area contributed by atoms with Crippen molar-refractivity contribution in [1.82, 2.24) is 0 Å². The molecule has 0 saturated heterocycles. The first-order valence-electron chi connectivity index (χ1n) is 10.7. The van der Waals surface area contributed by atoms with Gasteiger partial charge in [0.2, 0.25) is 5.82 Å². The molecule has 0 spiro atoms. The summed E-state index contributed by atoms with van der Waals surface area (Å²) < 4.78 is 33.2. The van der Waals surface area contributed by atoms with Crippen LogP contribution < -0.4 is 4.74 Å². The lowest BCUT2D eigenvalue weighted by molar-refractivity contribution is 0.156. The van der Waals surface area contributed by atoms with Crippen molar-refractivity contribution in [3.05, 3.63) is 29.3 Å². The van der Waals surface area contributed by atoms with Gasteiger partial charge in [0, 0.05) is 5.92 Å². The Balaban J connectivity index is 1.54. The third-order valence-electron chi connectivity index (χ3n) is 6.66. The molecule has 1 aromatic carbocycles. The van der Waals surface area contributed by atoms with E-state index >= 15 is 0 Å². The molecule has 0 atom stereocenters. The first-order valence-corrected chi connectivity index (χ1v) is 10.7. The highest BCUT2D eigenvalue weighted by molar-refractivity contribution is 5.41. The van der Waals surface area contributed by atoms with Gasteiger partial charge in [-0.2, -0.15) is 4.39 Å². The predicted molar refractivity (Wildman–Crippen MR) is 106 cm³/mol. The van der Waals surface area contributed by atoms with E-state index in [0.717, 1.165) is 30.6 Å². The third-order valence-corrected chi connectivity index (χ3v) is 6.66. The summed E-state index contributed by atoms with van der Waals surface area (Å²) >= 11 is 0. The molecular weight excluding hydrogens is 342 g/mol. The van der Waals surface area contributed by atoms with Crippen LogP contribution in [0.3, 0.4) is 0 Å². The van der Waals surface area contributed by atoms with E-state index in [1.165, 1.54) is 57.1 Å². The number of ether oxygens (including phenoxy) is 1. The van der Waals surface area contributed by atoms with Crippen LogP contribution >= 0.6 is 0 Å². The summed E-state index contributed by atoms with van der Waals surface area (Å²) in [6.07, 6.45) is 11.6. The molecule has 1 aromatic rings. The molecule has 2 fully saturated rings. The molecule has 0 N–H and O–H groups in total. The van der Waals surface area contributed by atoms with Gasteiger partial charge in [-0.05, 0) is 75.3 Å². The standard InChI is InChI=1S/C24H32F2O/c1-3-17-5-10-19(11-6-17)20-12-7-18(8-13-20)9-14-21-15-16-22(27-4-2)24(26)23(21)25/h15-20H,3-8,10-13H2,1-2H3. The minimum absolute atomic E-state index is 0.0427. The SMILES string of the molecule is CCOc1ccc(C#CC2CCC(C3CCC(CC)CC3)CC2)c(F)c1F. The molecule has 3 heteroatoms. The van der Waals surface area contributed by atoms with E-state index in [-0.39, 0.29) is 11.3 Å². The first-order chi connectivity index (χ1) is 13.1. The monoisotopic (exact) mass is 374 g/mol. The largest absolute Gasteiger partial charge is 0.491 e. The van der Waals surface area contributed by atoms with Crippen LogP contribution in [0.4, 0.5) is 8.78 Å². The zero-order valence-electron chi connectivity index (χ0n) is 16.7. The van der Waals surface area contributed by atoms with Gasteiger partial charge in [0.25, 0.3) is 0 Å². The van der Waals surface area contributed by atoms with Crippen molar-refractivity contribution < 1.29 is 13.5 Å². The fourth-order valence-corrected chi connectivity index (χ4v) is 4.88. The van der Waals surface area contributed by atoms with Crippen molar-refractivity contribution in [2.75, 3.05) is 6.61 Å². The second-order valence-corrected chi connectivity index (χ2v) is 8.24. The Hall–Kier alpha value is -1.56. The number of halogens is 2. The Morgan fingerprint density at radius 2 is 1.52 bits per heavy atom. The van der Waals surface area contributed by atoms with Gasteiger partial charge in [-0.25, -0.2) is 4.39 Å². The number of rotatable bonds is 4. The Bertz CT molecular complexity index is 672. The summed E-state index contributed by atoms with van der Waals surface area (Å²) in [5.41, 5.74) is 0.135. The predicted octanol–water partition coefficient (Wildman–Crippen LogP) is 6.74. The normalized spacial score (nSPS) is 28.3. The molecule has 0 aliphatic heterocycles. The Kier molecular flexibility index (Phi) is 7.16. The second-order valence-electron chi connectivity index (χ2n) is 8.24. The van der Waals surface area contributed by atoms with Gasteiger partial charge >= 0.3 is 0 Å². The topological polar surface area (TPSA) is 9.23 Å². The molecule has 0 unspecified atom stereocenters. The van der Waals surface area contributed by atoms with E-state index in [0.29, 0.717) is 12.5 Å². The zero-order valence-corrected chi connectivity index (χ0v) is 16.7. The minimum Gasteiger partial charge on any atom is -0.491 e. The summed E-state index contributed by atoms with van der Waals surface area (Å²) in [5, 5.41) is 0. The van der Waals surface area contributed by atoms with Crippen LogP contribution in [0.1, 0.15) is 77.2 Å². The highest BCUT2D eigenvalue weighted by Crippen LogP contribution is 2.41. The maximum Gasteiger partial charge on any atom is 0.201 e. The van der Waals surface area contributed by atoms with Crippen LogP contribution in [0.2, 0.25) is 0 Å². The lowest BCUT2D eigenvalue weighted by atomic mass is 9.69. The van der Waals surface area contributed by atoms with Crippen molar-refractivity contribution in [2.45, 2.75) is 71.6 Å². The van der Waals surface area contributed by atoms with Gasteiger partial charge in [-0.15, -0.1) is 0 Å². The van der Waals surface area contributed by atoms with E-state index in [9.17, 15) is 8.78 Å². The van der Waals surface area contributed by atoms with Gasteiger partial charge in [0.15, 0.2) is 11.6 Å². The average molecular weight is 375 g/mol. The smallest absolute Gasteiger partial charge is 0.201 e. The molecule has 0 aromatic heterocycles. The molecule has 3 rings (SSSR count). The average Bonchev–Trinajstić information content (AvgIpc) is 2.71. The molecule has 0 bridgehead atoms. The molecule has 0 radical (unpaired) electrons.